The Kier molecular flexibility index (Phi) is 5.05. The Morgan fingerprint density at radius 1 is 1.60 bits per heavy atom. The van der Waals surface area contributed by atoms with Gasteiger partial charge < -0.3 is 15.4 Å². The van der Waals surface area contributed by atoms with Crippen LogP contribution in [-0.2, 0) is 9.53 Å². The van der Waals surface area contributed by atoms with Crippen molar-refractivity contribution >= 4 is 5.91 Å². The summed E-state index contributed by atoms with van der Waals surface area (Å²) in [6.45, 7) is 8.22. The number of amides is 1. The lowest BCUT2D eigenvalue weighted by Crippen LogP contribution is -2.44. The van der Waals surface area contributed by atoms with E-state index < -0.39 is 0 Å². The molecule has 0 aliphatic carbocycles. The maximum Gasteiger partial charge on any atom is 0.237 e. The maximum atomic E-state index is 11.7. The third kappa shape index (κ3) is 4.18. The van der Waals surface area contributed by atoms with Crippen LogP contribution in [0.2, 0.25) is 0 Å². The van der Waals surface area contributed by atoms with Gasteiger partial charge in [-0.25, -0.2) is 0 Å². The summed E-state index contributed by atoms with van der Waals surface area (Å²) in [5.74, 6) is 0.545. The highest BCUT2D eigenvalue weighted by molar-refractivity contribution is 5.82. The molecule has 0 saturated carbocycles. The van der Waals surface area contributed by atoms with Crippen LogP contribution in [0.5, 0.6) is 0 Å². The van der Waals surface area contributed by atoms with Crippen molar-refractivity contribution in [2.45, 2.75) is 39.3 Å². The minimum absolute atomic E-state index is 0.0101. The van der Waals surface area contributed by atoms with Gasteiger partial charge in [0.25, 0.3) is 0 Å². The van der Waals surface area contributed by atoms with E-state index in [2.05, 4.69) is 17.6 Å². The number of carbonyl (C=O) groups excluding carboxylic acids is 1. The second-order valence-electron chi connectivity index (χ2n) is 4.41. The minimum atomic E-state index is -0.0101. The summed E-state index contributed by atoms with van der Waals surface area (Å²) in [7, 11) is 0. The van der Waals surface area contributed by atoms with Crippen molar-refractivity contribution in [3.05, 3.63) is 0 Å². The van der Waals surface area contributed by atoms with Crippen molar-refractivity contribution in [2.24, 2.45) is 5.92 Å². The first-order valence-electron chi connectivity index (χ1n) is 5.74. The Hall–Kier alpha value is -0.610. The van der Waals surface area contributed by atoms with Gasteiger partial charge in [-0.1, -0.05) is 6.92 Å². The molecule has 88 valence electrons. The summed E-state index contributed by atoms with van der Waals surface area (Å²) in [6, 6.07) is -0.0101. The summed E-state index contributed by atoms with van der Waals surface area (Å²) < 4.78 is 5.35. The van der Waals surface area contributed by atoms with Gasteiger partial charge in [0.1, 0.15) is 0 Å². The molecular weight excluding hydrogens is 192 g/mol. The van der Waals surface area contributed by atoms with E-state index in [1.165, 1.54) is 0 Å². The van der Waals surface area contributed by atoms with Gasteiger partial charge in [-0.05, 0) is 32.7 Å². The largest absolute Gasteiger partial charge is 0.377 e. The van der Waals surface area contributed by atoms with Crippen molar-refractivity contribution in [1.29, 1.82) is 0 Å². The van der Waals surface area contributed by atoms with Crippen LogP contribution in [0.4, 0.5) is 0 Å². The van der Waals surface area contributed by atoms with Gasteiger partial charge >= 0.3 is 0 Å². The summed E-state index contributed by atoms with van der Waals surface area (Å²) in [5, 5.41) is 6.09. The number of rotatable bonds is 5. The van der Waals surface area contributed by atoms with Gasteiger partial charge in [-0.3, -0.25) is 4.79 Å². The fourth-order valence-corrected chi connectivity index (χ4v) is 1.76. The molecule has 2 atom stereocenters. The SMILES string of the molecule is CC(C)OCCNC(=O)C1NCCC1C. The first-order chi connectivity index (χ1) is 7.11. The number of hydrogen-bond acceptors (Lipinski definition) is 3. The third-order valence-electron chi connectivity index (χ3n) is 2.67. The lowest BCUT2D eigenvalue weighted by molar-refractivity contribution is -0.123. The summed E-state index contributed by atoms with van der Waals surface area (Å²) in [6.07, 6.45) is 1.31. The van der Waals surface area contributed by atoms with Crippen LogP contribution in [0, 0.1) is 5.92 Å². The smallest absolute Gasteiger partial charge is 0.237 e. The normalized spacial score (nSPS) is 25.9. The molecule has 4 nitrogen and oxygen atoms in total. The minimum Gasteiger partial charge on any atom is -0.377 e. The number of hydrogen-bond donors (Lipinski definition) is 2. The van der Waals surface area contributed by atoms with Gasteiger partial charge in [0.05, 0.1) is 18.8 Å². The van der Waals surface area contributed by atoms with Crippen LogP contribution >= 0.6 is 0 Å². The van der Waals surface area contributed by atoms with Gasteiger partial charge in [0.2, 0.25) is 5.91 Å². The molecule has 0 aromatic carbocycles. The Balaban J connectivity index is 2.13. The van der Waals surface area contributed by atoms with Gasteiger partial charge in [0, 0.05) is 6.54 Å². The van der Waals surface area contributed by atoms with E-state index >= 15 is 0 Å². The summed E-state index contributed by atoms with van der Waals surface area (Å²) in [5.41, 5.74) is 0. The van der Waals surface area contributed by atoms with Gasteiger partial charge in [0.15, 0.2) is 0 Å². The molecule has 1 heterocycles. The molecule has 1 saturated heterocycles. The first-order valence-corrected chi connectivity index (χ1v) is 5.74. The number of ether oxygens (including phenoxy) is 1. The third-order valence-corrected chi connectivity index (χ3v) is 2.67. The van der Waals surface area contributed by atoms with E-state index in [1.54, 1.807) is 0 Å². The van der Waals surface area contributed by atoms with Crippen molar-refractivity contribution in [2.75, 3.05) is 19.7 Å². The molecule has 1 fully saturated rings. The molecule has 15 heavy (non-hydrogen) atoms. The average Bonchev–Trinajstić information content (AvgIpc) is 2.58. The Labute approximate surface area is 91.8 Å². The quantitative estimate of drug-likeness (QED) is 0.656. The lowest BCUT2D eigenvalue weighted by atomic mass is 10.0. The van der Waals surface area contributed by atoms with E-state index in [0.29, 0.717) is 19.1 Å². The van der Waals surface area contributed by atoms with E-state index in [-0.39, 0.29) is 18.1 Å². The molecule has 1 amide bonds. The highest BCUT2D eigenvalue weighted by Gasteiger charge is 2.28. The van der Waals surface area contributed by atoms with Gasteiger partial charge in [-0.2, -0.15) is 0 Å². The highest BCUT2D eigenvalue weighted by atomic mass is 16.5. The molecule has 0 aromatic heterocycles. The standard InChI is InChI=1S/C11H22N2O2/c1-8(2)15-7-6-13-11(14)10-9(3)4-5-12-10/h8-10,12H,4-7H2,1-3H3,(H,13,14). The van der Waals surface area contributed by atoms with Crippen LogP contribution in [0.3, 0.4) is 0 Å². The molecule has 1 rings (SSSR count). The average molecular weight is 214 g/mol. The topological polar surface area (TPSA) is 50.4 Å². The van der Waals surface area contributed by atoms with Crippen LogP contribution in [0.1, 0.15) is 27.2 Å². The predicted molar refractivity (Wildman–Crippen MR) is 59.7 cm³/mol. The van der Waals surface area contributed by atoms with Crippen LogP contribution in [-0.4, -0.2) is 37.7 Å². The lowest BCUT2D eigenvalue weighted by Gasteiger charge is -2.15. The van der Waals surface area contributed by atoms with Crippen LogP contribution in [0.15, 0.2) is 0 Å². The number of carbonyl (C=O) groups is 1. The Bertz CT molecular complexity index is 207. The van der Waals surface area contributed by atoms with E-state index in [4.69, 9.17) is 4.74 Å². The van der Waals surface area contributed by atoms with Crippen molar-refractivity contribution in [3.63, 3.8) is 0 Å². The molecule has 0 aromatic rings. The molecule has 0 spiro atoms. The molecule has 0 bridgehead atoms. The van der Waals surface area contributed by atoms with E-state index in [1.807, 2.05) is 13.8 Å². The Morgan fingerprint density at radius 2 is 2.33 bits per heavy atom. The zero-order chi connectivity index (χ0) is 11.3. The molecule has 4 heteroatoms. The van der Waals surface area contributed by atoms with Crippen molar-refractivity contribution in [3.8, 4) is 0 Å². The predicted octanol–water partition coefficient (Wildman–Crippen LogP) is 0.526. The first kappa shape index (κ1) is 12.5. The zero-order valence-electron chi connectivity index (χ0n) is 9.88. The highest BCUT2D eigenvalue weighted by Crippen LogP contribution is 2.13. The van der Waals surface area contributed by atoms with Crippen molar-refractivity contribution in [1.82, 2.24) is 10.6 Å². The van der Waals surface area contributed by atoms with Crippen LogP contribution in [0.25, 0.3) is 0 Å². The molecule has 1 aliphatic heterocycles. The van der Waals surface area contributed by atoms with E-state index in [9.17, 15) is 4.79 Å². The second kappa shape index (κ2) is 6.08. The van der Waals surface area contributed by atoms with E-state index in [0.717, 1.165) is 13.0 Å². The fourth-order valence-electron chi connectivity index (χ4n) is 1.76. The molecule has 1 aliphatic rings. The zero-order valence-corrected chi connectivity index (χ0v) is 9.88. The molecule has 0 radical (unpaired) electrons. The monoisotopic (exact) mass is 214 g/mol. The summed E-state index contributed by atoms with van der Waals surface area (Å²) in [4.78, 5) is 11.7. The Morgan fingerprint density at radius 3 is 2.87 bits per heavy atom. The molecule has 2 N–H and O–H groups in total. The maximum absolute atomic E-state index is 11.7. The second-order valence-corrected chi connectivity index (χ2v) is 4.41. The number of nitrogens with one attached hydrogen (secondary N) is 2. The van der Waals surface area contributed by atoms with Crippen LogP contribution < -0.4 is 10.6 Å². The molecule has 2 unspecified atom stereocenters. The van der Waals surface area contributed by atoms with Gasteiger partial charge in [-0.15, -0.1) is 0 Å². The fraction of sp³-hybridized carbons (Fsp3) is 0.909. The summed E-state index contributed by atoms with van der Waals surface area (Å²) >= 11 is 0. The molecular formula is C11H22N2O2. The van der Waals surface area contributed by atoms with Crippen molar-refractivity contribution < 1.29 is 9.53 Å².